The molecule has 1 aliphatic rings. The lowest BCUT2D eigenvalue weighted by Crippen LogP contribution is -2.30. The number of imide groups is 1. The van der Waals surface area contributed by atoms with E-state index in [1.54, 1.807) is 24.3 Å². The maximum atomic E-state index is 13.6. The molecule has 0 aliphatic carbocycles. The number of nitrogens with zero attached hydrogens (tertiary/aromatic N) is 1. The Labute approximate surface area is 210 Å². The molecule has 1 aromatic heterocycles. The van der Waals surface area contributed by atoms with E-state index in [9.17, 15) is 18.8 Å². The number of methoxy groups -OCH3 is 1. The molecule has 186 valence electrons. The lowest BCUT2D eigenvalue weighted by atomic mass is 10.0. The Kier molecular flexibility index (Phi) is 6.42. The van der Waals surface area contributed by atoms with Crippen molar-refractivity contribution >= 4 is 34.8 Å². The quantitative estimate of drug-likeness (QED) is 0.217. The number of hydrogen-bond donors (Lipinski definition) is 1. The second-order valence-electron chi connectivity index (χ2n) is 8.25. The molecule has 8 nitrogen and oxygen atoms in total. The number of benzene rings is 3. The second kappa shape index (κ2) is 9.98. The number of hydrogen-bond acceptors (Lipinski definition) is 6. The predicted octanol–water partition coefficient (Wildman–Crippen LogP) is 5.03. The van der Waals surface area contributed by atoms with Gasteiger partial charge in [0.15, 0.2) is 0 Å². The van der Waals surface area contributed by atoms with Crippen LogP contribution < -0.4 is 10.1 Å². The van der Waals surface area contributed by atoms with Crippen LogP contribution in [-0.2, 0) is 22.7 Å². The molecule has 0 spiro atoms. The van der Waals surface area contributed by atoms with Crippen molar-refractivity contribution in [1.82, 2.24) is 10.2 Å². The number of halogens is 1. The van der Waals surface area contributed by atoms with Gasteiger partial charge in [-0.25, -0.2) is 14.0 Å². The maximum Gasteiger partial charge on any atom is 0.373 e. The number of nitrogens with one attached hydrogen (secondary N) is 1. The Bertz CT molecular complexity index is 1560. The topological polar surface area (TPSA) is 98.1 Å². The van der Waals surface area contributed by atoms with Gasteiger partial charge in [-0.15, -0.1) is 0 Å². The van der Waals surface area contributed by atoms with E-state index in [0.717, 1.165) is 15.7 Å². The van der Waals surface area contributed by atoms with Crippen LogP contribution in [0.15, 0.2) is 82.9 Å². The van der Waals surface area contributed by atoms with Gasteiger partial charge in [0.25, 0.3) is 5.91 Å². The third kappa shape index (κ3) is 4.92. The van der Waals surface area contributed by atoms with Crippen LogP contribution in [0.2, 0.25) is 0 Å². The zero-order valence-corrected chi connectivity index (χ0v) is 19.7. The fourth-order valence-electron chi connectivity index (χ4n) is 4.03. The van der Waals surface area contributed by atoms with Gasteiger partial charge in [-0.1, -0.05) is 42.5 Å². The van der Waals surface area contributed by atoms with Crippen LogP contribution in [0.3, 0.4) is 0 Å². The van der Waals surface area contributed by atoms with Crippen molar-refractivity contribution in [3.8, 4) is 5.75 Å². The molecule has 2 heterocycles. The molecule has 0 bridgehead atoms. The third-order valence-electron chi connectivity index (χ3n) is 5.83. The summed E-state index contributed by atoms with van der Waals surface area (Å²) in [5.74, 6) is -0.914. The van der Waals surface area contributed by atoms with Crippen molar-refractivity contribution in [2.45, 2.75) is 13.2 Å². The number of carbonyl (C=O) groups excluding carboxylic acids is 3. The normalized spacial score (nSPS) is 14.3. The van der Waals surface area contributed by atoms with Crippen molar-refractivity contribution in [3.63, 3.8) is 0 Å². The average Bonchev–Trinajstić information content (AvgIpc) is 3.48. The molecule has 3 amide bonds. The van der Waals surface area contributed by atoms with E-state index in [4.69, 9.17) is 9.15 Å². The molecule has 1 fully saturated rings. The summed E-state index contributed by atoms with van der Waals surface area (Å²) in [6.45, 7) is -0.0583. The Hall–Kier alpha value is -4.92. The van der Waals surface area contributed by atoms with Gasteiger partial charge in [0.05, 0.1) is 13.7 Å². The molecule has 3 aromatic carbocycles. The number of esters is 1. The van der Waals surface area contributed by atoms with Gasteiger partial charge in [-0.3, -0.25) is 9.69 Å². The van der Waals surface area contributed by atoms with Crippen LogP contribution in [0, 0.1) is 5.82 Å². The molecule has 37 heavy (non-hydrogen) atoms. The minimum atomic E-state index is -0.661. The zero-order chi connectivity index (χ0) is 25.9. The molecule has 5 rings (SSSR count). The standard InChI is InChI=1S/C28H21FN2O6/c1-35-27(33)25-12-10-20(37-25)15-31-26(32)23(30-28(31)34)14-22-21-8-3-2-6-18(21)9-11-24(22)36-16-17-5-4-7-19(29)13-17/h2-14H,15-16H2,1H3,(H,30,34)/b23-14-. The van der Waals surface area contributed by atoms with Gasteiger partial charge in [0.2, 0.25) is 5.76 Å². The third-order valence-corrected chi connectivity index (χ3v) is 5.83. The molecule has 1 saturated heterocycles. The summed E-state index contributed by atoms with van der Waals surface area (Å²) in [7, 11) is 1.22. The highest BCUT2D eigenvalue weighted by atomic mass is 19.1. The lowest BCUT2D eigenvalue weighted by molar-refractivity contribution is -0.123. The fourth-order valence-corrected chi connectivity index (χ4v) is 4.03. The minimum absolute atomic E-state index is 0.0313. The molecular weight excluding hydrogens is 479 g/mol. The molecule has 9 heteroatoms. The Morgan fingerprint density at radius 1 is 1.05 bits per heavy atom. The van der Waals surface area contributed by atoms with Crippen molar-refractivity contribution in [2.75, 3.05) is 7.11 Å². The van der Waals surface area contributed by atoms with Crippen molar-refractivity contribution in [2.24, 2.45) is 0 Å². The first-order chi connectivity index (χ1) is 17.9. The molecule has 1 aliphatic heterocycles. The zero-order valence-electron chi connectivity index (χ0n) is 19.7. The first-order valence-electron chi connectivity index (χ1n) is 11.3. The first-order valence-corrected chi connectivity index (χ1v) is 11.3. The average molecular weight is 500 g/mol. The molecule has 1 N–H and O–H groups in total. The highest BCUT2D eigenvalue weighted by molar-refractivity contribution is 6.14. The number of furan rings is 1. The molecular formula is C28H21FN2O6. The molecule has 0 unspecified atom stereocenters. The first kappa shape index (κ1) is 23.8. The highest BCUT2D eigenvalue weighted by Gasteiger charge is 2.34. The van der Waals surface area contributed by atoms with Crippen LogP contribution in [-0.4, -0.2) is 29.9 Å². The summed E-state index contributed by atoms with van der Waals surface area (Å²) in [6, 6.07) is 19.6. The van der Waals surface area contributed by atoms with Gasteiger partial charge in [0.1, 0.15) is 29.6 Å². The summed E-state index contributed by atoms with van der Waals surface area (Å²) in [5.41, 5.74) is 1.29. The van der Waals surface area contributed by atoms with E-state index < -0.39 is 17.9 Å². The van der Waals surface area contributed by atoms with Crippen LogP contribution in [0.4, 0.5) is 9.18 Å². The second-order valence-corrected chi connectivity index (χ2v) is 8.25. The van der Waals surface area contributed by atoms with Crippen molar-refractivity contribution in [3.05, 3.63) is 107 Å². The summed E-state index contributed by atoms with van der Waals surface area (Å²) in [6.07, 6.45) is 1.56. The van der Waals surface area contributed by atoms with Gasteiger partial charge in [-0.05, 0) is 52.7 Å². The lowest BCUT2D eigenvalue weighted by Gasteiger charge is -2.13. The van der Waals surface area contributed by atoms with Gasteiger partial charge >= 0.3 is 12.0 Å². The fraction of sp³-hybridized carbons (Fsp3) is 0.107. The summed E-state index contributed by atoms with van der Waals surface area (Å²) >= 11 is 0. The van der Waals surface area contributed by atoms with E-state index in [0.29, 0.717) is 16.9 Å². The van der Waals surface area contributed by atoms with Gasteiger partial charge in [-0.2, -0.15) is 0 Å². The highest BCUT2D eigenvalue weighted by Crippen LogP contribution is 2.32. The number of fused-ring (bicyclic) bond motifs is 1. The Morgan fingerprint density at radius 2 is 1.89 bits per heavy atom. The van der Waals surface area contributed by atoms with Gasteiger partial charge < -0.3 is 19.2 Å². The van der Waals surface area contributed by atoms with Crippen LogP contribution in [0.25, 0.3) is 16.8 Å². The smallest absolute Gasteiger partial charge is 0.373 e. The minimum Gasteiger partial charge on any atom is -0.488 e. The monoisotopic (exact) mass is 500 g/mol. The number of urea groups is 1. The maximum absolute atomic E-state index is 13.6. The predicted molar refractivity (Wildman–Crippen MR) is 132 cm³/mol. The summed E-state index contributed by atoms with van der Waals surface area (Å²) in [4.78, 5) is 38.4. The van der Waals surface area contributed by atoms with E-state index in [-0.39, 0.29) is 36.2 Å². The number of rotatable bonds is 7. The van der Waals surface area contributed by atoms with Crippen LogP contribution in [0.5, 0.6) is 5.75 Å². The van der Waals surface area contributed by atoms with E-state index >= 15 is 0 Å². The van der Waals surface area contributed by atoms with Crippen molar-refractivity contribution in [1.29, 1.82) is 0 Å². The van der Waals surface area contributed by atoms with Crippen LogP contribution >= 0.6 is 0 Å². The number of amides is 3. The Morgan fingerprint density at radius 3 is 2.70 bits per heavy atom. The molecule has 0 radical (unpaired) electrons. The Balaban J connectivity index is 1.44. The van der Waals surface area contributed by atoms with E-state index in [1.807, 2.05) is 30.3 Å². The SMILES string of the molecule is COC(=O)c1ccc(CN2C(=O)N/C(=C\c3c(OCc4cccc(F)c4)ccc4ccccc34)C2=O)o1. The van der Waals surface area contributed by atoms with E-state index in [1.165, 1.54) is 31.4 Å². The van der Waals surface area contributed by atoms with Crippen LogP contribution in [0.1, 0.15) is 27.4 Å². The van der Waals surface area contributed by atoms with E-state index in [2.05, 4.69) is 10.1 Å². The molecule has 4 aromatic rings. The van der Waals surface area contributed by atoms with Gasteiger partial charge in [0, 0.05) is 5.56 Å². The van der Waals surface area contributed by atoms with Crippen molar-refractivity contribution < 1.29 is 32.7 Å². The summed E-state index contributed by atoms with van der Waals surface area (Å²) < 4.78 is 29.6. The number of carbonyl (C=O) groups is 3. The number of ether oxygens (including phenoxy) is 2. The largest absolute Gasteiger partial charge is 0.488 e. The summed E-state index contributed by atoms with van der Waals surface area (Å²) in [5, 5.41) is 4.31. The molecule has 0 saturated carbocycles. The molecule has 0 atom stereocenters.